The normalized spacial score (nSPS) is 14.1. The first-order chi connectivity index (χ1) is 16.3. The highest BCUT2D eigenvalue weighted by Gasteiger charge is 2.27. The fourth-order valence-corrected chi connectivity index (χ4v) is 5.68. The summed E-state index contributed by atoms with van der Waals surface area (Å²) in [5.74, 6) is 0.0949. The van der Waals surface area contributed by atoms with Crippen LogP contribution in [-0.4, -0.2) is 63.3 Å². The number of ether oxygens (including phenoxy) is 1. The molecule has 1 saturated heterocycles. The van der Waals surface area contributed by atoms with Crippen molar-refractivity contribution in [1.29, 1.82) is 0 Å². The average Bonchev–Trinajstić information content (AvgIpc) is 3.29. The van der Waals surface area contributed by atoms with Crippen LogP contribution >= 0.6 is 11.3 Å². The van der Waals surface area contributed by atoms with Gasteiger partial charge in [0.15, 0.2) is 0 Å². The van der Waals surface area contributed by atoms with Gasteiger partial charge in [0, 0.05) is 36.6 Å². The van der Waals surface area contributed by atoms with Gasteiger partial charge in [0.05, 0.1) is 22.6 Å². The number of nitrogens with zero attached hydrogens (tertiary/aromatic N) is 2. The minimum Gasteiger partial charge on any atom is -0.495 e. The molecular formula is C24H25N3O5S2. The van der Waals surface area contributed by atoms with Gasteiger partial charge in [0.25, 0.3) is 21.8 Å². The standard InChI is InChI=1S/C24H25N3O5S2/c1-17-10-11-22(33-17)24(29)27-14-12-26(13-15-27)23(28)18-6-5-7-19(16-18)34(30,31)25-20-8-3-4-9-21(20)32-2/h3-11,16,25H,12-15H2,1-2H3. The molecule has 0 spiro atoms. The number of piperazine rings is 1. The van der Waals surface area contributed by atoms with Crippen LogP contribution in [0.5, 0.6) is 5.75 Å². The molecule has 0 atom stereocenters. The smallest absolute Gasteiger partial charge is 0.264 e. The lowest BCUT2D eigenvalue weighted by Gasteiger charge is -2.34. The molecule has 2 heterocycles. The first-order valence-electron chi connectivity index (χ1n) is 10.7. The number of hydrogen-bond donors (Lipinski definition) is 1. The van der Waals surface area contributed by atoms with E-state index in [0.29, 0.717) is 42.5 Å². The van der Waals surface area contributed by atoms with Crippen molar-refractivity contribution in [2.75, 3.05) is 38.0 Å². The van der Waals surface area contributed by atoms with Gasteiger partial charge in [-0.1, -0.05) is 18.2 Å². The number of nitrogens with one attached hydrogen (secondary N) is 1. The Morgan fingerprint density at radius 2 is 1.59 bits per heavy atom. The van der Waals surface area contributed by atoms with Gasteiger partial charge in [-0.05, 0) is 49.4 Å². The fourth-order valence-electron chi connectivity index (χ4n) is 3.73. The van der Waals surface area contributed by atoms with Gasteiger partial charge >= 0.3 is 0 Å². The van der Waals surface area contributed by atoms with Crippen molar-refractivity contribution in [1.82, 2.24) is 9.80 Å². The van der Waals surface area contributed by atoms with Gasteiger partial charge in [0.2, 0.25) is 0 Å². The lowest BCUT2D eigenvalue weighted by molar-refractivity contribution is 0.0538. The molecule has 2 aromatic carbocycles. The van der Waals surface area contributed by atoms with E-state index in [-0.39, 0.29) is 22.3 Å². The number of thiophene rings is 1. The summed E-state index contributed by atoms with van der Waals surface area (Å²) >= 11 is 1.46. The maximum Gasteiger partial charge on any atom is 0.264 e. The number of methoxy groups -OCH3 is 1. The quantitative estimate of drug-likeness (QED) is 0.560. The molecular weight excluding hydrogens is 474 g/mol. The van der Waals surface area contributed by atoms with Gasteiger partial charge in [-0.2, -0.15) is 0 Å². The predicted octanol–water partition coefficient (Wildman–Crippen LogP) is 3.46. The van der Waals surface area contributed by atoms with Crippen LogP contribution in [0, 0.1) is 6.92 Å². The van der Waals surface area contributed by atoms with Crippen molar-refractivity contribution < 1.29 is 22.7 Å². The molecule has 178 valence electrons. The Morgan fingerprint density at radius 3 is 2.24 bits per heavy atom. The van der Waals surface area contributed by atoms with Crippen molar-refractivity contribution in [3.63, 3.8) is 0 Å². The summed E-state index contributed by atoms with van der Waals surface area (Å²) in [4.78, 5) is 30.9. The van der Waals surface area contributed by atoms with Gasteiger partial charge in [0.1, 0.15) is 5.75 Å². The molecule has 8 nitrogen and oxygen atoms in total. The molecule has 0 aliphatic carbocycles. The van der Waals surface area contributed by atoms with Crippen molar-refractivity contribution in [3.8, 4) is 5.75 Å². The Balaban J connectivity index is 1.44. The van der Waals surface area contributed by atoms with Crippen molar-refractivity contribution in [2.45, 2.75) is 11.8 Å². The lowest BCUT2D eigenvalue weighted by Crippen LogP contribution is -2.50. The monoisotopic (exact) mass is 499 g/mol. The van der Waals surface area contributed by atoms with Crippen LogP contribution in [0.2, 0.25) is 0 Å². The van der Waals surface area contributed by atoms with Crippen molar-refractivity contribution in [3.05, 3.63) is 76.0 Å². The van der Waals surface area contributed by atoms with E-state index in [0.717, 1.165) is 4.88 Å². The molecule has 1 aliphatic heterocycles. The van der Waals surface area contributed by atoms with E-state index >= 15 is 0 Å². The van der Waals surface area contributed by atoms with E-state index < -0.39 is 10.0 Å². The van der Waals surface area contributed by atoms with Gasteiger partial charge < -0.3 is 14.5 Å². The van der Waals surface area contributed by atoms with E-state index in [1.165, 1.54) is 30.6 Å². The Bertz CT molecular complexity index is 1310. The molecule has 1 aliphatic rings. The second kappa shape index (κ2) is 9.86. The summed E-state index contributed by atoms with van der Waals surface area (Å²) in [5.41, 5.74) is 0.583. The third-order valence-electron chi connectivity index (χ3n) is 5.55. The summed E-state index contributed by atoms with van der Waals surface area (Å²) in [6.07, 6.45) is 0. The van der Waals surface area contributed by atoms with Gasteiger partial charge in [-0.25, -0.2) is 8.42 Å². The zero-order valence-electron chi connectivity index (χ0n) is 18.9. The number of sulfonamides is 1. The molecule has 1 fully saturated rings. The van der Waals surface area contributed by atoms with Crippen LogP contribution in [0.25, 0.3) is 0 Å². The molecule has 0 unspecified atom stereocenters. The topological polar surface area (TPSA) is 96.0 Å². The summed E-state index contributed by atoms with van der Waals surface area (Å²) in [5, 5.41) is 0. The highest BCUT2D eigenvalue weighted by molar-refractivity contribution is 7.92. The Hall–Kier alpha value is -3.37. The fraction of sp³-hybridized carbons (Fsp3) is 0.250. The number of hydrogen-bond acceptors (Lipinski definition) is 6. The Morgan fingerprint density at radius 1 is 0.912 bits per heavy atom. The van der Waals surface area contributed by atoms with Crippen LogP contribution < -0.4 is 9.46 Å². The summed E-state index contributed by atoms with van der Waals surface area (Å²) < 4.78 is 33.6. The molecule has 4 rings (SSSR count). The minimum atomic E-state index is -3.93. The number of para-hydroxylation sites is 2. The highest BCUT2D eigenvalue weighted by Crippen LogP contribution is 2.26. The summed E-state index contributed by atoms with van der Waals surface area (Å²) in [6, 6.07) is 16.4. The molecule has 1 aromatic heterocycles. The maximum absolute atomic E-state index is 13.1. The van der Waals surface area contributed by atoms with Crippen LogP contribution in [0.1, 0.15) is 24.9 Å². The molecule has 0 radical (unpaired) electrons. The maximum atomic E-state index is 13.1. The van der Waals surface area contributed by atoms with E-state index in [1.54, 1.807) is 46.2 Å². The third-order valence-corrected chi connectivity index (χ3v) is 7.90. The second-order valence-corrected chi connectivity index (χ2v) is 10.8. The van der Waals surface area contributed by atoms with Crippen molar-refractivity contribution >= 4 is 38.9 Å². The number of benzene rings is 2. The lowest BCUT2D eigenvalue weighted by atomic mass is 10.2. The predicted molar refractivity (Wildman–Crippen MR) is 131 cm³/mol. The van der Waals surface area contributed by atoms with E-state index in [4.69, 9.17) is 4.74 Å². The van der Waals surface area contributed by atoms with E-state index in [1.807, 2.05) is 19.1 Å². The minimum absolute atomic E-state index is 0.0221. The van der Waals surface area contributed by atoms with E-state index in [2.05, 4.69) is 4.72 Å². The largest absolute Gasteiger partial charge is 0.495 e. The Labute approximate surface area is 202 Å². The molecule has 2 amide bonds. The van der Waals surface area contributed by atoms with Gasteiger partial charge in [-0.3, -0.25) is 14.3 Å². The van der Waals surface area contributed by atoms with Gasteiger partial charge in [-0.15, -0.1) is 11.3 Å². The number of carbonyl (C=O) groups excluding carboxylic acids is 2. The molecule has 34 heavy (non-hydrogen) atoms. The second-order valence-electron chi connectivity index (χ2n) is 7.83. The van der Waals surface area contributed by atoms with Crippen LogP contribution in [0.15, 0.2) is 65.6 Å². The SMILES string of the molecule is COc1ccccc1NS(=O)(=O)c1cccc(C(=O)N2CCN(C(=O)c3ccc(C)s3)CC2)c1. The number of aryl methyl sites for hydroxylation is 1. The highest BCUT2D eigenvalue weighted by atomic mass is 32.2. The number of anilines is 1. The zero-order valence-corrected chi connectivity index (χ0v) is 20.5. The van der Waals surface area contributed by atoms with E-state index in [9.17, 15) is 18.0 Å². The van der Waals surface area contributed by atoms with Crippen molar-refractivity contribution in [2.24, 2.45) is 0 Å². The van der Waals surface area contributed by atoms with Crippen LogP contribution in [0.3, 0.4) is 0 Å². The number of amides is 2. The first-order valence-corrected chi connectivity index (χ1v) is 13.0. The molecule has 1 N–H and O–H groups in total. The summed E-state index contributed by atoms with van der Waals surface area (Å²) in [6.45, 7) is 3.57. The van der Waals surface area contributed by atoms with Crippen LogP contribution in [-0.2, 0) is 10.0 Å². The average molecular weight is 500 g/mol. The number of carbonyl (C=O) groups is 2. The zero-order chi connectivity index (χ0) is 24.3. The molecule has 0 saturated carbocycles. The molecule has 3 aromatic rings. The first kappa shape index (κ1) is 23.8. The third kappa shape index (κ3) is 5.07. The number of rotatable bonds is 6. The molecule has 10 heteroatoms. The molecule has 0 bridgehead atoms. The summed E-state index contributed by atoms with van der Waals surface area (Å²) in [7, 11) is -2.47. The van der Waals surface area contributed by atoms with Crippen LogP contribution in [0.4, 0.5) is 5.69 Å². The Kier molecular flexibility index (Phi) is 6.90.